The number of carbonyl (C=O) groups excluding carboxylic acids is 6. The van der Waals surface area contributed by atoms with Crippen LogP contribution in [0, 0.1) is 35.5 Å². The smallest absolute Gasteiger partial charge is 0.407 e. The van der Waals surface area contributed by atoms with Gasteiger partial charge in [0.2, 0.25) is 47.8 Å². The second-order valence-corrected chi connectivity index (χ2v) is 45.7. The Labute approximate surface area is 868 Å². The number of hydrogen-bond donors (Lipinski definition) is 9. The van der Waals surface area contributed by atoms with Gasteiger partial charge in [-0.15, -0.1) is 0 Å². The van der Waals surface area contributed by atoms with Gasteiger partial charge < -0.3 is 108 Å². The summed E-state index contributed by atoms with van der Waals surface area (Å²) >= 11 is 0. The van der Waals surface area contributed by atoms with Crippen molar-refractivity contribution in [2.75, 3.05) is 112 Å². The van der Waals surface area contributed by atoms with Crippen LogP contribution in [0.2, 0.25) is 0 Å². The van der Waals surface area contributed by atoms with E-state index in [1.807, 2.05) is 169 Å². The molecule has 6 amide bonds. The van der Waals surface area contributed by atoms with E-state index in [-0.39, 0.29) is 179 Å². The molecule has 7 fully saturated rings. The SMILES string of the molecule is CC(C)CN(C[C@@H](O)[C@H](Cc1ccccc1)NC(=O)OC1CO[C@H]2OCC[C@@H]12)S(=O)(=O)c1ccc2oc(CN3CCOCC3)cc2c1.CC(C)CN(C[C@@H](O)[C@H](Cc1ccccc1)NC(=O)OC1CO[C@H]2OCC[C@@H]12)S(=O)(=O)c1ccc2occ(CNC(=O)CNC(=O)CCc3ccccc3)c2c1.CCC(=O)NCc1coc2ccc(S(=O)(=O)N(CC(C)C)C[C@@H](O)[C@H](Cc3ccccc3)NC(=O)OC3CO[C@H]4OCC[C@@H]34)cc12. The minimum atomic E-state index is -4.19. The zero-order valence-corrected chi connectivity index (χ0v) is 87.4. The Hall–Kier alpha value is -11.3. The van der Waals surface area contributed by atoms with Crippen molar-refractivity contribution in [3.05, 3.63) is 234 Å². The summed E-state index contributed by atoms with van der Waals surface area (Å²) in [7, 11) is -12.3. The Morgan fingerprint density at radius 1 is 0.416 bits per heavy atom. The van der Waals surface area contributed by atoms with E-state index in [1.54, 1.807) is 37.3 Å². The molecule has 7 saturated heterocycles. The number of rotatable bonds is 45. The maximum Gasteiger partial charge on any atom is 0.407 e. The predicted molar refractivity (Wildman–Crippen MR) is 549 cm³/mol. The number of fused-ring (bicyclic) bond motifs is 6. The van der Waals surface area contributed by atoms with Gasteiger partial charge in [0.15, 0.2) is 18.9 Å². The van der Waals surface area contributed by atoms with Gasteiger partial charge in [-0.05, 0) is 146 Å². The number of amides is 6. The Kier molecular flexibility index (Phi) is 39.5. The molecule has 10 aromatic rings. The summed E-state index contributed by atoms with van der Waals surface area (Å²) in [5.74, 6) is -0.381. The summed E-state index contributed by atoms with van der Waals surface area (Å²) in [4.78, 5) is 78.5. The van der Waals surface area contributed by atoms with E-state index < -0.39 is 115 Å². The summed E-state index contributed by atoms with van der Waals surface area (Å²) in [5, 5.41) is 53.2. The summed E-state index contributed by atoms with van der Waals surface area (Å²) < 4.78 is 162. The first-order chi connectivity index (χ1) is 71.7. The highest BCUT2D eigenvalue weighted by molar-refractivity contribution is 7.89. The van der Waals surface area contributed by atoms with Crippen molar-refractivity contribution in [1.82, 2.24) is 49.7 Å². The quantitative estimate of drug-likeness (QED) is 0.0160. The number of carbonyl (C=O) groups is 6. The average molecular weight is 2120 g/mol. The molecule has 7 aliphatic rings. The van der Waals surface area contributed by atoms with E-state index in [0.717, 1.165) is 53.9 Å². The van der Waals surface area contributed by atoms with Crippen molar-refractivity contribution in [2.24, 2.45) is 35.5 Å². The molecule has 10 heterocycles. The van der Waals surface area contributed by atoms with Crippen molar-refractivity contribution in [3.63, 3.8) is 0 Å². The van der Waals surface area contributed by atoms with Crippen LogP contribution in [0.4, 0.5) is 14.4 Å². The Bertz CT molecular complexity index is 6440. The van der Waals surface area contributed by atoms with Crippen molar-refractivity contribution in [2.45, 2.75) is 214 Å². The summed E-state index contributed by atoms with van der Waals surface area (Å²) in [6.45, 7) is 18.6. The molecule has 41 heteroatoms. The normalized spacial score (nSPS) is 21.0. The van der Waals surface area contributed by atoms with Crippen molar-refractivity contribution < 1.29 is 130 Å². The lowest BCUT2D eigenvalue weighted by atomic mass is 10.0. The van der Waals surface area contributed by atoms with E-state index in [9.17, 15) is 69.3 Å². The van der Waals surface area contributed by atoms with Gasteiger partial charge in [0.1, 0.15) is 40.8 Å². The Morgan fingerprint density at radius 3 is 1.15 bits per heavy atom. The summed E-state index contributed by atoms with van der Waals surface area (Å²) in [6, 6.07) is 50.8. The molecule has 0 radical (unpaired) electrons. The van der Waals surface area contributed by atoms with Crippen molar-refractivity contribution >= 4 is 99.0 Å². The van der Waals surface area contributed by atoms with Gasteiger partial charge in [-0.2, -0.15) is 12.9 Å². The lowest BCUT2D eigenvalue weighted by molar-refractivity contribution is -0.126. The molecule has 38 nitrogen and oxygen atoms in total. The zero-order valence-electron chi connectivity index (χ0n) is 84.9. The molecule has 0 saturated carbocycles. The number of alkyl carbamates (subject to hydrolysis) is 3. The molecule has 0 bridgehead atoms. The topological polar surface area (TPSA) is 482 Å². The lowest BCUT2D eigenvalue weighted by Crippen LogP contribution is -2.51. The highest BCUT2D eigenvalue weighted by atomic mass is 32.2. The molecule has 7 aliphatic heterocycles. The van der Waals surface area contributed by atoms with E-state index in [1.165, 1.54) is 49.7 Å². The number of hydrogen-bond acceptors (Lipinski definition) is 29. The second-order valence-electron chi connectivity index (χ2n) is 39.9. The highest BCUT2D eigenvalue weighted by Crippen LogP contribution is 2.38. The van der Waals surface area contributed by atoms with Gasteiger partial charge in [0, 0.05) is 106 Å². The van der Waals surface area contributed by atoms with Gasteiger partial charge in [-0.1, -0.05) is 170 Å². The molecule has 17 rings (SSSR count). The van der Waals surface area contributed by atoms with Crippen LogP contribution in [0.5, 0.6) is 0 Å². The molecular formula is C108H138N10O28S3. The number of nitrogens with one attached hydrogen (secondary N) is 6. The van der Waals surface area contributed by atoms with Gasteiger partial charge in [-0.25, -0.2) is 39.6 Å². The Balaban J connectivity index is 0.000000168. The van der Waals surface area contributed by atoms with Crippen LogP contribution in [0.1, 0.15) is 120 Å². The number of nitrogens with zero attached hydrogens (tertiary/aromatic N) is 4. The molecule has 806 valence electrons. The first-order valence-electron chi connectivity index (χ1n) is 51.1. The third kappa shape index (κ3) is 30.6. The predicted octanol–water partition coefficient (Wildman–Crippen LogP) is 10.8. The molecule has 3 aromatic heterocycles. The van der Waals surface area contributed by atoms with E-state index in [4.69, 9.17) is 60.6 Å². The highest BCUT2D eigenvalue weighted by Gasteiger charge is 2.48. The lowest BCUT2D eigenvalue weighted by Gasteiger charge is -2.31. The van der Waals surface area contributed by atoms with Crippen molar-refractivity contribution in [3.8, 4) is 0 Å². The first kappa shape index (κ1) is 112. The largest absolute Gasteiger partial charge is 0.464 e. The number of aliphatic hydroxyl groups is 3. The number of benzene rings is 7. The summed E-state index contributed by atoms with van der Waals surface area (Å²) in [5.41, 5.74) is 6.31. The van der Waals surface area contributed by atoms with Crippen LogP contribution in [0.15, 0.2) is 222 Å². The van der Waals surface area contributed by atoms with E-state index >= 15 is 0 Å². The van der Waals surface area contributed by atoms with Crippen molar-refractivity contribution in [1.29, 1.82) is 0 Å². The van der Waals surface area contributed by atoms with Crippen LogP contribution >= 0.6 is 0 Å². The standard InChI is InChI=1S/C41H50N4O10S.C34H45N3O9S.C33H43N3O9S/c1-27(2)23-45(24-35(46)34(19-29-11-7-4-8-12-29)44-41(49)55-37-26-54-40-32(37)17-18-52-40)56(50,51)31-14-15-36-33(20-31)30(25-53-36)21-42-39(48)22-43-38(47)16-13-28-9-5-3-6-10-28;1-23(2)19-37(47(40,41)27-8-9-31-25(18-27)17-26(45-31)20-36-11-14-42-15-12-36)21-30(38)29(16-24-6-4-3-5-7-24)35-34(39)46-32-22-44-33-28(32)10-13-43-33;1-4-31(38)34-16-23-19-43-29-11-10-24(15-26(23)29)46(40,41)36(17-21(2)3)18-28(37)27(14-22-8-6-5-7-9-22)35-33(39)45-30-20-44-32-25(30)12-13-42-32/h3-12,14-15,20,25,27,32,34-35,37,40,46H,13,16-19,21-24,26H2,1-2H3,(H,42,48)(H,43,47)(H,44,49);3-9,17-18,23,28-30,32-33,38H,10-16,19-22H2,1-2H3,(H,35,39);5-11,15,19,21,25,27-28,30,32,37H,4,12-14,16-18,20H2,1-3H3,(H,34,38)(H,35,39)/t32-,34-,35+,37?,40+;28-,29-,30+,32?,33+;25-,27-,28+,30?,32+/m000/s1. The minimum absolute atomic E-state index is 0.0239. The number of morpholine rings is 1. The van der Waals surface area contributed by atoms with Gasteiger partial charge >= 0.3 is 18.3 Å². The van der Waals surface area contributed by atoms with Crippen LogP contribution in [-0.4, -0.2) is 280 Å². The van der Waals surface area contributed by atoms with Gasteiger partial charge in [0.05, 0.1) is 147 Å². The maximum absolute atomic E-state index is 14.3. The molecule has 149 heavy (non-hydrogen) atoms. The number of ether oxygens (including phenoxy) is 10. The number of furan rings is 3. The fraction of sp³-hybridized carbons (Fsp3) is 0.500. The fourth-order valence-electron chi connectivity index (χ4n) is 19.3. The molecular weight excluding hydrogens is 1980 g/mol. The zero-order chi connectivity index (χ0) is 105. The first-order valence-corrected chi connectivity index (χ1v) is 55.4. The maximum atomic E-state index is 14.3. The number of sulfonamides is 3. The fourth-order valence-corrected chi connectivity index (χ4v) is 24.3. The number of aryl methyl sites for hydroxylation is 1. The number of aliphatic hydroxyl groups excluding tert-OH is 3. The molecule has 3 unspecified atom stereocenters. The second kappa shape index (κ2) is 52.6. The van der Waals surface area contributed by atoms with Crippen LogP contribution in [0.25, 0.3) is 32.9 Å². The molecule has 7 aromatic carbocycles. The molecule has 9 N–H and O–H groups in total. The summed E-state index contributed by atoms with van der Waals surface area (Å²) in [6.07, 6.45) is -1.58. The van der Waals surface area contributed by atoms with Crippen LogP contribution in [-0.2, 0) is 137 Å². The third-order valence-corrected chi connectivity index (χ3v) is 32.7. The third-order valence-electron chi connectivity index (χ3n) is 27.2. The Morgan fingerprint density at radius 2 is 0.779 bits per heavy atom. The molecule has 15 atom stereocenters. The van der Waals surface area contributed by atoms with E-state index in [2.05, 4.69) is 36.8 Å². The van der Waals surface area contributed by atoms with E-state index in [0.29, 0.717) is 103 Å². The minimum Gasteiger partial charge on any atom is -0.464 e. The average Bonchev–Trinajstić information content (AvgIpc) is 1.67. The van der Waals surface area contributed by atoms with Gasteiger partial charge in [-0.3, -0.25) is 19.3 Å². The van der Waals surface area contributed by atoms with Crippen LogP contribution in [0.3, 0.4) is 0 Å². The molecule has 0 aliphatic carbocycles. The molecule has 0 spiro atoms. The monoisotopic (exact) mass is 2120 g/mol. The van der Waals surface area contributed by atoms with Crippen LogP contribution < -0.4 is 31.9 Å². The van der Waals surface area contributed by atoms with Gasteiger partial charge in [0.25, 0.3) is 0 Å².